The SMILES string of the molecule is c1ccc(-c2ccc(-c3cc(-c4nc(-c5ccc(-c6cccc7ccccc67)cc5)nc(-c5ccc6ccccc6c5)n4)c4c(c3)oc3ccccc34)cc2)cc1. The second kappa shape index (κ2) is 13.6. The second-order valence-corrected chi connectivity index (χ2v) is 14.4. The molecule has 0 aliphatic carbocycles. The monoisotopic (exact) mass is 727 g/mol. The summed E-state index contributed by atoms with van der Waals surface area (Å²) in [6, 6.07) is 70.0. The number of para-hydroxylation sites is 1. The molecule has 0 bridgehead atoms. The number of hydrogen-bond acceptors (Lipinski definition) is 4. The van der Waals surface area contributed by atoms with Gasteiger partial charge in [-0.05, 0) is 79.2 Å². The maximum Gasteiger partial charge on any atom is 0.164 e. The zero-order chi connectivity index (χ0) is 37.7. The first-order chi connectivity index (χ1) is 28.2. The molecule has 2 heterocycles. The molecule has 11 rings (SSSR count). The highest BCUT2D eigenvalue weighted by atomic mass is 16.3. The fraction of sp³-hybridized carbons (Fsp3) is 0. The fourth-order valence-corrected chi connectivity index (χ4v) is 8.04. The van der Waals surface area contributed by atoms with Crippen LogP contribution >= 0.6 is 0 Å². The quantitative estimate of drug-likeness (QED) is 0.171. The molecule has 0 N–H and O–H groups in total. The lowest BCUT2D eigenvalue weighted by molar-refractivity contribution is 0.669. The van der Waals surface area contributed by atoms with Gasteiger partial charge in [0.1, 0.15) is 11.2 Å². The van der Waals surface area contributed by atoms with Crippen molar-refractivity contribution in [2.75, 3.05) is 0 Å². The van der Waals surface area contributed by atoms with Crippen LogP contribution in [0.3, 0.4) is 0 Å². The largest absolute Gasteiger partial charge is 0.456 e. The van der Waals surface area contributed by atoms with Gasteiger partial charge in [0.05, 0.1) is 0 Å². The summed E-state index contributed by atoms with van der Waals surface area (Å²) in [7, 11) is 0. The predicted molar refractivity (Wildman–Crippen MR) is 235 cm³/mol. The molecule has 0 fully saturated rings. The molecule has 0 radical (unpaired) electrons. The molecule has 0 saturated carbocycles. The van der Waals surface area contributed by atoms with Crippen molar-refractivity contribution in [2.45, 2.75) is 0 Å². The van der Waals surface area contributed by atoms with Gasteiger partial charge >= 0.3 is 0 Å². The lowest BCUT2D eigenvalue weighted by atomic mass is 9.96. The standard InChI is InChI=1S/C53H33N3O/c1-2-11-34(12-3-1)36-21-23-37(24-22-36)43-32-47(50-46-18-8-9-20-48(46)57-49(50)33-43)53-55-51(54-52(56-53)42-30-25-35-13-4-5-15-41(35)31-42)40-28-26-39(27-29-40)45-19-10-16-38-14-6-7-17-44(38)45/h1-33H. The number of aromatic nitrogens is 3. The van der Waals surface area contributed by atoms with Gasteiger partial charge in [-0.1, -0.05) is 176 Å². The number of furan rings is 1. The first-order valence-electron chi connectivity index (χ1n) is 19.2. The number of benzene rings is 9. The molecule has 0 spiro atoms. The van der Waals surface area contributed by atoms with Gasteiger partial charge in [0.25, 0.3) is 0 Å². The van der Waals surface area contributed by atoms with Crippen molar-refractivity contribution in [3.63, 3.8) is 0 Å². The number of rotatable bonds is 6. The minimum absolute atomic E-state index is 0.584. The molecular formula is C53H33N3O. The molecule has 0 atom stereocenters. The molecule has 0 amide bonds. The van der Waals surface area contributed by atoms with Crippen LogP contribution in [0.15, 0.2) is 205 Å². The molecule has 0 aliphatic rings. The zero-order valence-corrected chi connectivity index (χ0v) is 30.8. The summed E-state index contributed by atoms with van der Waals surface area (Å²) in [4.78, 5) is 15.7. The van der Waals surface area contributed by atoms with Crippen LogP contribution in [0, 0.1) is 0 Å². The highest BCUT2D eigenvalue weighted by Gasteiger charge is 2.20. The van der Waals surface area contributed by atoms with Crippen LogP contribution in [-0.2, 0) is 0 Å². The minimum atomic E-state index is 0.584. The average Bonchev–Trinajstić information content (AvgIpc) is 3.67. The van der Waals surface area contributed by atoms with Gasteiger partial charge < -0.3 is 4.42 Å². The number of fused-ring (bicyclic) bond motifs is 5. The van der Waals surface area contributed by atoms with Crippen LogP contribution in [0.25, 0.3) is 111 Å². The summed E-state index contributed by atoms with van der Waals surface area (Å²) >= 11 is 0. The molecule has 0 aliphatic heterocycles. The van der Waals surface area contributed by atoms with Crippen LogP contribution < -0.4 is 0 Å². The summed E-state index contributed by atoms with van der Waals surface area (Å²) < 4.78 is 6.56. The van der Waals surface area contributed by atoms with Crippen molar-refractivity contribution >= 4 is 43.5 Å². The Balaban J connectivity index is 1.10. The van der Waals surface area contributed by atoms with E-state index in [1.165, 1.54) is 21.9 Å². The van der Waals surface area contributed by atoms with E-state index in [4.69, 9.17) is 19.4 Å². The Labute approximate surface area is 329 Å². The Morgan fingerprint density at radius 3 is 1.65 bits per heavy atom. The van der Waals surface area contributed by atoms with Crippen LogP contribution in [0.4, 0.5) is 0 Å². The van der Waals surface area contributed by atoms with Crippen molar-refractivity contribution in [3.05, 3.63) is 200 Å². The highest BCUT2D eigenvalue weighted by molar-refractivity contribution is 6.13. The van der Waals surface area contributed by atoms with E-state index < -0.39 is 0 Å². The predicted octanol–water partition coefficient (Wildman–Crippen LogP) is 14.1. The highest BCUT2D eigenvalue weighted by Crippen LogP contribution is 2.40. The van der Waals surface area contributed by atoms with E-state index in [1.807, 2.05) is 24.3 Å². The van der Waals surface area contributed by atoms with E-state index in [-0.39, 0.29) is 0 Å². The third-order valence-corrected chi connectivity index (χ3v) is 10.9. The lowest BCUT2D eigenvalue weighted by Crippen LogP contribution is -2.01. The summed E-state index contributed by atoms with van der Waals surface area (Å²) in [5, 5.41) is 6.72. The van der Waals surface area contributed by atoms with E-state index in [0.29, 0.717) is 17.5 Å². The Hall–Kier alpha value is -7.69. The molecular weight excluding hydrogens is 695 g/mol. The molecule has 2 aromatic heterocycles. The first-order valence-corrected chi connectivity index (χ1v) is 19.2. The van der Waals surface area contributed by atoms with Crippen LogP contribution in [0.2, 0.25) is 0 Å². The topological polar surface area (TPSA) is 51.8 Å². The van der Waals surface area contributed by atoms with E-state index in [2.05, 4.69) is 176 Å². The second-order valence-electron chi connectivity index (χ2n) is 14.4. The van der Waals surface area contributed by atoms with Crippen molar-refractivity contribution in [3.8, 4) is 67.5 Å². The maximum atomic E-state index is 6.56. The van der Waals surface area contributed by atoms with Gasteiger partial charge in [-0.25, -0.2) is 15.0 Å². The van der Waals surface area contributed by atoms with Gasteiger partial charge in [-0.15, -0.1) is 0 Å². The summed E-state index contributed by atoms with van der Waals surface area (Å²) in [6.45, 7) is 0. The summed E-state index contributed by atoms with van der Waals surface area (Å²) in [6.07, 6.45) is 0. The van der Waals surface area contributed by atoms with Crippen molar-refractivity contribution in [1.29, 1.82) is 0 Å². The Kier molecular flexibility index (Phi) is 7.78. The summed E-state index contributed by atoms with van der Waals surface area (Å²) in [5.74, 6) is 1.80. The molecule has 0 unspecified atom stereocenters. The third kappa shape index (κ3) is 5.92. The maximum absolute atomic E-state index is 6.56. The van der Waals surface area contributed by atoms with Gasteiger partial charge in [-0.2, -0.15) is 0 Å². The molecule has 57 heavy (non-hydrogen) atoms. The van der Waals surface area contributed by atoms with Gasteiger partial charge in [0.2, 0.25) is 0 Å². The van der Waals surface area contributed by atoms with E-state index in [9.17, 15) is 0 Å². The molecule has 0 saturated heterocycles. The Bertz CT molecular complexity index is 3270. The smallest absolute Gasteiger partial charge is 0.164 e. The minimum Gasteiger partial charge on any atom is -0.456 e. The fourth-order valence-electron chi connectivity index (χ4n) is 8.04. The Morgan fingerprint density at radius 2 is 0.842 bits per heavy atom. The molecule has 9 aromatic carbocycles. The van der Waals surface area contributed by atoms with E-state index >= 15 is 0 Å². The van der Waals surface area contributed by atoms with E-state index in [1.54, 1.807) is 0 Å². The lowest BCUT2D eigenvalue weighted by Gasteiger charge is -2.12. The van der Waals surface area contributed by atoms with Crippen LogP contribution in [0.1, 0.15) is 0 Å². The van der Waals surface area contributed by atoms with Crippen molar-refractivity contribution in [2.24, 2.45) is 0 Å². The van der Waals surface area contributed by atoms with Gasteiger partial charge in [0.15, 0.2) is 17.5 Å². The average molecular weight is 728 g/mol. The Morgan fingerprint density at radius 1 is 0.281 bits per heavy atom. The molecule has 4 heteroatoms. The van der Waals surface area contributed by atoms with Gasteiger partial charge in [0, 0.05) is 27.5 Å². The third-order valence-electron chi connectivity index (χ3n) is 10.9. The van der Waals surface area contributed by atoms with Gasteiger partial charge in [-0.3, -0.25) is 0 Å². The summed E-state index contributed by atoms with van der Waals surface area (Å²) in [5.41, 5.74) is 11.1. The van der Waals surface area contributed by atoms with Crippen LogP contribution in [-0.4, -0.2) is 15.0 Å². The first kappa shape index (κ1) is 32.7. The van der Waals surface area contributed by atoms with Crippen molar-refractivity contribution < 1.29 is 4.42 Å². The number of nitrogens with zero attached hydrogens (tertiary/aromatic N) is 3. The number of hydrogen-bond donors (Lipinski definition) is 0. The molecule has 4 nitrogen and oxygen atoms in total. The van der Waals surface area contributed by atoms with Crippen molar-refractivity contribution in [1.82, 2.24) is 15.0 Å². The normalized spacial score (nSPS) is 11.5. The van der Waals surface area contributed by atoms with E-state index in [0.717, 1.165) is 71.7 Å². The zero-order valence-electron chi connectivity index (χ0n) is 30.8. The van der Waals surface area contributed by atoms with Crippen LogP contribution in [0.5, 0.6) is 0 Å². The molecule has 11 aromatic rings. The molecule has 266 valence electrons.